The van der Waals surface area contributed by atoms with Crippen molar-refractivity contribution in [1.29, 1.82) is 0 Å². The van der Waals surface area contributed by atoms with Gasteiger partial charge in [-0.2, -0.15) is 0 Å². The van der Waals surface area contributed by atoms with Crippen LogP contribution in [0.2, 0.25) is 0 Å². The summed E-state index contributed by atoms with van der Waals surface area (Å²) in [5, 5.41) is 15.4. The fraction of sp³-hybridized carbons (Fsp3) is 0.462. The molecule has 0 saturated carbocycles. The molecule has 1 aliphatic carbocycles. The molecular weight excluding hydrogens is 434 g/mol. The van der Waals surface area contributed by atoms with Gasteiger partial charge in [0, 0.05) is 36.5 Å². The number of aliphatic carboxylic acids is 1. The van der Waals surface area contributed by atoms with E-state index in [4.69, 9.17) is 0 Å². The average Bonchev–Trinajstić information content (AvgIpc) is 3.11. The van der Waals surface area contributed by atoms with Crippen molar-refractivity contribution < 1.29 is 24.3 Å². The number of carbonyl (C=O) groups excluding carboxylic acids is 3. The van der Waals surface area contributed by atoms with E-state index in [1.165, 1.54) is 0 Å². The number of rotatable bonds is 6. The lowest BCUT2D eigenvalue weighted by atomic mass is 9.79. The lowest BCUT2D eigenvalue weighted by Gasteiger charge is -2.33. The highest BCUT2D eigenvalue weighted by molar-refractivity contribution is 5.98. The van der Waals surface area contributed by atoms with E-state index in [1.807, 2.05) is 49.7 Å². The lowest BCUT2D eigenvalue weighted by Crippen LogP contribution is -2.54. The molecule has 2 unspecified atom stereocenters. The molecule has 2 heterocycles. The Balaban J connectivity index is 1.54. The molecule has 2 aliphatic rings. The zero-order valence-corrected chi connectivity index (χ0v) is 19.7. The third-order valence-corrected chi connectivity index (χ3v) is 6.95. The molecule has 4 rings (SSSR count). The normalized spacial score (nSPS) is 22.5. The second kappa shape index (κ2) is 9.44. The number of ketones is 1. The molecule has 8 heteroatoms. The first-order valence-electron chi connectivity index (χ1n) is 11.8. The molecule has 3 N–H and O–H groups in total. The van der Waals surface area contributed by atoms with Crippen LogP contribution in [0.25, 0.3) is 0 Å². The van der Waals surface area contributed by atoms with Gasteiger partial charge in [-0.15, -0.1) is 0 Å². The van der Waals surface area contributed by atoms with Crippen molar-refractivity contribution in [3.63, 3.8) is 0 Å². The molecule has 4 atom stereocenters. The predicted molar refractivity (Wildman–Crippen MR) is 125 cm³/mol. The molecule has 0 saturated heterocycles. The number of amides is 2. The molecular formula is C26H31N3O5. The maximum absolute atomic E-state index is 13.3. The molecule has 0 radical (unpaired) electrons. The van der Waals surface area contributed by atoms with Gasteiger partial charge in [0.25, 0.3) is 5.91 Å². The molecule has 1 aliphatic heterocycles. The molecule has 0 bridgehead atoms. The molecule has 8 nitrogen and oxygen atoms in total. The average molecular weight is 466 g/mol. The number of hydrogen-bond acceptors (Lipinski definition) is 4. The zero-order valence-electron chi connectivity index (χ0n) is 19.7. The first kappa shape index (κ1) is 23.7. The highest BCUT2D eigenvalue weighted by Crippen LogP contribution is 2.38. The van der Waals surface area contributed by atoms with Crippen molar-refractivity contribution in [2.45, 2.75) is 64.6 Å². The largest absolute Gasteiger partial charge is 0.481 e. The van der Waals surface area contributed by atoms with Crippen molar-refractivity contribution in [3.05, 3.63) is 58.9 Å². The van der Waals surface area contributed by atoms with Crippen LogP contribution < -0.4 is 10.6 Å². The van der Waals surface area contributed by atoms with Gasteiger partial charge in [0.05, 0.1) is 11.8 Å². The van der Waals surface area contributed by atoms with Crippen LogP contribution in [0.3, 0.4) is 0 Å². The Hall–Kier alpha value is -3.42. The summed E-state index contributed by atoms with van der Waals surface area (Å²) < 4.78 is 1.86. The summed E-state index contributed by atoms with van der Waals surface area (Å²) in [4.78, 5) is 50.9. The molecule has 0 spiro atoms. The van der Waals surface area contributed by atoms with Gasteiger partial charge in [0.2, 0.25) is 5.91 Å². The van der Waals surface area contributed by atoms with Crippen LogP contribution in [-0.2, 0) is 27.3 Å². The minimum absolute atomic E-state index is 0.0642. The van der Waals surface area contributed by atoms with Gasteiger partial charge in [0.15, 0.2) is 0 Å². The fourth-order valence-electron chi connectivity index (χ4n) is 5.05. The molecule has 1 aromatic carbocycles. The minimum Gasteiger partial charge on any atom is -0.481 e. The smallest absolute Gasteiger partial charge is 0.308 e. The molecule has 34 heavy (non-hydrogen) atoms. The number of nitrogens with one attached hydrogen (secondary N) is 2. The van der Waals surface area contributed by atoms with E-state index in [0.717, 1.165) is 16.8 Å². The first-order chi connectivity index (χ1) is 16.2. The Morgan fingerprint density at radius 3 is 2.47 bits per heavy atom. The number of hydrogen-bond donors (Lipinski definition) is 3. The number of Topliss-reactive ketones (excluding diaryl/α,β-unsaturated/α-hetero) is 1. The van der Waals surface area contributed by atoms with Gasteiger partial charge >= 0.3 is 5.97 Å². The standard InChI is InChI=1S/C26H31N3O5/c1-14(2)22(28-24(31)17-6-4-15(3)5-7-17)25(32)27-19-9-8-16-10-11-29-13-18(26(33)34)12-20(30)21(19)23(16)29/h4-7,10-11,14,18-19,21-22H,8-9,12-13H2,1-3H3,(H,27,32)(H,28,31)(H,33,34)/t18-,19-,21?,22?/m0/s1. The predicted octanol–water partition coefficient (Wildman–Crippen LogP) is 2.44. The van der Waals surface area contributed by atoms with E-state index in [-0.39, 0.29) is 36.5 Å². The van der Waals surface area contributed by atoms with Gasteiger partial charge in [-0.25, -0.2) is 0 Å². The zero-order chi connectivity index (χ0) is 24.6. The summed E-state index contributed by atoms with van der Waals surface area (Å²) in [7, 11) is 0. The van der Waals surface area contributed by atoms with Crippen LogP contribution >= 0.6 is 0 Å². The van der Waals surface area contributed by atoms with Gasteiger partial charge in [-0.3, -0.25) is 19.2 Å². The number of carboxylic acid groups (broad SMARTS) is 1. The van der Waals surface area contributed by atoms with Crippen LogP contribution in [0.1, 0.15) is 59.8 Å². The second-order valence-corrected chi connectivity index (χ2v) is 9.78. The number of benzene rings is 1. The number of carbonyl (C=O) groups is 4. The number of aryl methyl sites for hydroxylation is 2. The van der Waals surface area contributed by atoms with Crippen molar-refractivity contribution in [2.24, 2.45) is 11.8 Å². The third-order valence-electron chi connectivity index (χ3n) is 6.95. The van der Waals surface area contributed by atoms with Crippen LogP contribution in [0.15, 0.2) is 36.5 Å². The van der Waals surface area contributed by atoms with Crippen LogP contribution in [-0.4, -0.2) is 45.3 Å². The Kier molecular flexibility index (Phi) is 6.59. The summed E-state index contributed by atoms with van der Waals surface area (Å²) in [5.41, 5.74) is 3.36. The minimum atomic E-state index is -0.992. The Bertz CT molecular complexity index is 1120. The Labute approximate surface area is 198 Å². The van der Waals surface area contributed by atoms with Crippen molar-refractivity contribution in [2.75, 3.05) is 0 Å². The van der Waals surface area contributed by atoms with E-state index >= 15 is 0 Å². The molecule has 180 valence electrons. The van der Waals surface area contributed by atoms with E-state index in [2.05, 4.69) is 10.6 Å². The summed E-state index contributed by atoms with van der Waals surface area (Å²) in [6, 6.07) is 7.85. The molecule has 2 amide bonds. The Morgan fingerprint density at radius 1 is 1.12 bits per heavy atom. The van der Waals surface area contributed by atoms with Crippen LogP contribution in [0, 0.1) is 18.8 Å². The number of carboxylic acids is 1. The maximum atomic E-state index is 13.3. The second-order valence-electron chi connectivity index (χ2n) is 9.78. The van der Waals surface area contributed by atoms with Crippen molar-refractivity contribution in [3.8, 4) is 0 Å². The summed E-state index contributed by atoms with van der Waals surface area (Å²) in [5.74, 6) is -3.37. The SMILES string of the molecule is Cc1ccc(C(=O)NC(C(=O)N[C@H]2CCc3ccn4c3C2C(=O)C[C@H](C(=O)O)C4)C(C)C)cc1. The van der Waals surface area contributed by atoms with Gasteiger partial charge < -0.3 is 20.3 Å². The summed E-state index contributed by atoms with van der Waals surface area (Å²) >= 11 is 0. The quantitative estimate of drug-likeness (QED) is 0.606. The molecule has 2 aromatic rings. The Morgan fingerprint density at radius 2 is 1.82 bits per heavy atom. The topological polar surface area (TPSA) is 118 Å². The van der Waals surface area contributed by atoms with E-state index in [1.54, 1.807) is 12.1 Å². The highest BCUT2D eigenvalue weighted by atomic mass is 16.4. The molecule has 0 fully saturated rings. The lowest BCUT2D eigenvalue weighted by molar-refractivity contribution is -0.144. The maximum Gasteiger partial charge on any atom is 0.308 e. The monoisotopic (exact) mass is 465 g/mol. The number of aromatic nitrogens is 1. The number of nitrogens with zero attached hydrogens (tertiary/aromatic N) is 1. The van der Waals surface area contributed by atoms with Gasteiger partial charge in [0.1, 0.15) is 11.8 Å². The summed E-state index contributed by atoms with van der Waals surface area (Å²) in [6.45, 7) is 5.90. The van der Waals surface area contributed by atoms with Crippen molar-refractivity contribution in [1.82, 2.24) is 15.2 Å². The van der Waals surface area contributed by atoms with Gasteiger partial charge in [-0.1, -0.05) is 31.5 Å². The van der Waals surface area contributed by atoms with Crippen molar-refractivity contribution >= 4 is 23.6 Å². The van der Waals surface area contributed by atoms with Gasteiger partial charge in [-0.05, 0) is 49.4 Å². The van der Waals surface area contributed by atoms with E-state index in [0.29, 0.717) is 18.4 Å². The van der Waals surface area contributed by atoms with Crippen LogP contribution in [0.4, 0.5) is 0 Å². The first-order valence-corrected chi connectivity index (χ1v) is 11.8. The van der Waals surface area contributed by atoms with Crippen LogP contribution in [0.5, 0.6) is 0 Å². The van der Waals surface area contributed by atoms with E-state index < -0.39 is 29.9 Å². The van der Waals surface area contributed by atoms with E-state index in [9.17, 15) is 24.3 Å². The highest BCUT2D eigenvalue weighted by Gasteiger charge is 2.42. The summed E-state index contributed by atoms with van der Waals surface area (Å²) in [6.07, 6.45) is 3.05. The molecule has 1 aromatic heterocycles. The third kappa shape index (κ3) is 4.62. The fourth-order valence-corrected chi connectivity index (χ4v) is 5.05.